The zero-order valence-corrected chi connectivity index (χ0v) is 10.5. The first kappa shape index (κ1) is 12.2. The molecule has 0 radical (unpaired) electrons. The monoisotopic (exact) mass is 247 g/mol. The van der Waals surface area contributed by atoms with Gasteiger partial charge in [0.05, 0.1) is 0 Å². The third-order valence-electron chi connectivity index (χ3n) is 2.27. The molecular formula is C11H17N7. The van der Waals surface area contributed by atoms with Crippen LogP contribution in [0.5, 0.6) is 0 Å². The van der Waals surface area contributed by atoms with E-state index in [9.17, 15) is 0 Å². The average molecular weight is 247 g/mol. The topological polar surface area (TPSA) is 93.7 Å². The molecule has 7 nitrogen and oxygen atoms in total. The minimum atomic E-state index is 0.231. The standard InChI is InChI=1S/C11H17N7/c1-3-5-13-9-7-10(16-11(12)15-9)14-8-4-6-18(2)17-8/h4,6-7H,3,5H2,1-2H3,(H4,12,13,14,15,16,17). The maximum absolute atomic E-state index is 5.66. The highest BCUT2D eigenvalue weighted by atomic mass is 15.3. The minimum Gasteiger partial charge on any atom is -0.370 e. The highest BCUT2D eigenvalue weighted by Gasteiger charge is 2.03. The van der Waals surface area contributed by atoms with Gasteiger partial charge < -0.3 is 16.4 Å². The number of nitrogens with two attached hydrogens (primary N) is 1. The van der Waals surface area contributed by atoms with Crippen LogP contribution in [0.3, 0.4) is 0 Å². The summed E-state index contributed by atoms with van der Waals surface area (Å²) in [6, 6.07) is 3.66. The first-order valence-electron chi connectivity index (χ1n) is 5.82. The molecule has 0 spiro atoms. The highest BCUT2D eigenvalue weighted by molar-refractivity contribution is 5.57. The minimum absolute atomic E-state index is 0.231. The highest BCUT2D eigenvalue weighted by Crippen LogP contribution is 2.16. The van der Waals surface area contributed by atoms with Gasteiger partial charge in [0.25, 0.3) is 0 Å². The van der Waals surface area contributed by atoms with Gasteiger partial charge in [-0.05, 0) is 6.42 Å². The van der Waals surface area contributed by atoms with E-state index in [2.05, 4.69) is 32.6 Å². The molecular weight excluding hydrogens is 230 g/mol. The Bertz CT molecular complexity index is 520. The molecule has 96 valence electrons. The molecule has 0 aliphatic heterocycles. The van der Waals surface area contributed by atoms with Crippen molar-refractivity contribution in [1.82, 2.24) is 19.7 Å². The third kappa shape index (κ3) is 3.09. The molecule has 0 atom stereocenters. The van der Waals surface area contributed by atoms with Crippen molar-refractivity contribution in [2.75, 3.05) is 22.9 Å². The van der Waals surface area contributed by atoms with E-state index < -0.39 is 0 Å². The van der Waals surface area contributed by atoms with Gasteiger partial charge in [0.15, 0.2) is 5.82 Å². The van der Waals surface area contributed by atoms with Crippen LogP contribution in [0.25, 0.3) is 0 Å². The van der Waals surface area contributed by atoms with E-state index >= 15 is 0 Å². The second kappa shape index (κ2) is 5.35. The van der Waals surface area contributed by atoms with Gasteiger partial charge in [-0.3, -0.25) is 4.68 Å². The molecule has 0 saturated carbocycles. The SMILES string of the molecule is CCCNc1cc(Nc2ccn(C)n2)nc(N)n1. The Morgan fingerprint density at radius 3 is 2.72 bits per heavy atom. The molecule has 0 fully saturated rings. The quantitative estimate of drug-likeness (QED) is 0.738. The smallest absolute Gasteiger partial charge is 0.223 e. The van der Waals surface area contributed by atoms with Crippen LogP contribution >= 0.6 is 0 Å². The van der Waals surface area contributed by atoms with Crippen LogP contribution in [0.15, 0.2) is 18.3 Å². The number of aromatic nitrogens is 4. The number of anilines is 4. The lowest BCUT2D eigenvalue weighted by molar-refractivity contribution is 0.771. The van der Waals surface area contributed by atoms with Crippen LogP contribution < -0.4 is 16.4 Å². The van der Waals surface area contributed by atoms with E-state index in [-0.39, 0.29) is 5.95 Å². The number of aryl methyl sites for hydroxylation is 1. The van der Waals surface area contributed by atoms with Crippen molar-refractivity contribution in [3.05, 3.63) is 18.3 Å². The lowest BCUT2D eigenvalue weighted by Crippen LogP contribution is -2.07. The molecule has 0 unspecified atom stereocenters. The lowest BCUT2D eigenvalue weighted by atomic mass is 10.4. The van der Waals surface area contributed by atoms with Gasteiger partial charge in [0.1, 0.15) is 11.6 Å². The first-order chi connectivity index (χ1) is 8.67. The van der Waals surface area contributed by atoms with Crippen molar-refractivity contribution in [3.8, 4) is 0 Å². The molecule has 7 heteroatoms. The third-order valence-corrected chi connectivity index (χ3v) is 2.27. The van der Waals surface area contributed by atoms with Gasteiger partial charge in [-0.25, -0.2) is 0 Å². The Morgan fingerprint density at radius 2 is 2.06 bits per heavy atom. The maximum atomic E-state index is 5.66. The number of hydrogen-bond donors (Lipinski definition) is 3. The summed E-state index contributed by atoms with van der Waals surface area (Å²) >= 11 is 0. The number of hydrogen-bond acceptors (Lipinski definition) is 6. The summed E-state index contributed by atoms with van der Waals surface area (Å²) in [5.74, 6) is 2.29. The summed E-state index contributed by atoms with van der Waals surface area (Å²) in [6.07, 6.45) is 2.87. The van der Waals surface area contributed by atoms with Crippen molar-refractivity contribution < 1.29 is 0 Å². The summed E-state index contributed by atoms with van der Waals surface area (Å²) in [5, 5.41) is 10.5. The second-order valence-electron chi connectivity index (χ2n) is 3.92. The molecule has 2 aromatic heterocycles. The predicted molar refractivity (Wildman–Crippen MR) is 71.7 cm³/mol. The summed E-state index contributed by atoms with van der Waals surface area (Å²) in [7, 11) is 1.85. The normalized spacial score (nSPS) is 10.3. The van der Waals surface area contributed by atoms with E-state index in [4.69, 9.17) is 5.73 Å². The number of nitrogen functional groups attached to an aromatic ring is 1. The van der Waals surface area contributed by atoms with E-state index in [0.717, 1.165) is 18.8 Å². The van der Waals surface area contributed by atoms with Gasteiger partial charge in [-0.2, -0.15) is 15.1 Å². The van der Waals surface area contributed by atoms with Crippen LogP contribution in [0.4, 0.5) is 23.4 Å². The molecule has 2 rings (SSSR count). The zero-order chi connectivity index (χ0) is 13.0. The van der Waals surface area contributed by atoms with Gasteiger partial charge in [-0.15, -0.1) is 0 Å². The molecule has 0 amide bonds. The van der Waals surface area contributed by atoms with Crippen LogP contribution in [0, 0.1) is 0 Å². The molecule has 0 bridgehead atoms. The molecule has 0 saturated heterocycles. The van der Waals surface area contributed by atoms with E-state index in [1.54, 1.807) is 10.7 Å². The van der Waals surface area contributed by atoms with Gasteiger partial charge in [-0.1, -0.05) is 6.92 Å². The Labute approximate surface area is 105 Å². The molecule has 0 aromatic carbocycles. The average Bonchev–Trinajstić information content (AvgIpc) is 2.71. The van der Waals surface area contributed by atoms with E-state index in [1.807, 2.05) is 19.3 Å². The molecule has 0 aliphatic carbocycles. The zero-order valence-electron chi connectivity index (χ0n) is 10.5. The Kier molecular flexibility index (Phi) is 3.61. The fraction of sp³-hybridized carbons (Fsp3) is 0.364. The van der Waals surface area contributed by atoms with Crippen LogP contribution in [-0.2, 0) is 7.05 Å². The van der Waals surface area contributed by atoms with Crippen LogP contribution in [0.1, 0.15) is 13.3 Å². The van der Waals surface area contributed by atoms with Crippen LogP contribution in [-0.4, -0.2) is 26.3 Å². The van der Waals surface area contributed by atoms with Crippen molar-refractivity contribution >= 4 is 23.4 Å². The summed E-state index contributed by atoms with van der Waals surface area (Å²) in [6.45, 7) is 2.93. The fourth-order valence-corrected chi connectivity index (χ4v) is 1.49. The van der Waals surface area contributed by atoms with Crippen molar-refractivity contribution in [2.45, 2.75) is 13.3 Å². The van der Waals surface area contributed by atoms with E-state index in [0.29, 0.717) is 11.6 Å². The summed E-state index contributed by atoms with van der Waals surface area (Å²) in [5.41, 5.74) is 5.66. The van der Waals surface area contributed by atoms with Gasteiger partial charge in [0.2, 0.25) is 5.95 Å². The van der Waals surface area contributed by atoms with Gasteiger partial charge in [0, 0.05) is 31.9 Å². The molecule has 18 heavy (non-hydrogen) atoms. The Morgan fingerprint density at radius 1 is 1.28 bits per heavy atom. The maximum Gasteiger partial charge on any atom is 0.223 e. The number of rotatable bonds is 5. The molecule has 2 heterocycles. The van der Waals surface area contributed by atoms with Crippen LogP contribution in [0.2, 0.25) is 0 Å². The molecule has 2 aromatic rings. The Hall–Kier alpha value is -2.31. The number of nitrogens with one attached hydrogen (secondary N) is 2. The van der Waals surface area contributed by atoms with Crippen molar-refractivity contribution in [3.63, 3.8) is 0 Å². The lowest BCUT2D eigenvalue weighted by Gasteiger charge is -2.07. The van der Waals surface area contributed by atoms with Crippen molar-refractivity contribution in [1.29, 1.82) is 0 Å². The predicted octanol–water partition coefficient (Wildman–Crippen LogP) is 1.36. The largest absolute Gasteiger partial charge is 0.370 e. The number of nitrogens with zero attached hydrogens (tertiary/aromatic N) is 4. The van der Waals surface area contributed by atoms with E-state index in [1.165, 1.54) is 0 Å². The summed E-state index contributed by atoms with van der Waals surface area (Å²) < 4.78 is 1.71. The Balaban J connectivity index is 2.14. The first-order valence-corrected chi connectivity index (χ1v) is 5.82. The second-order valence-corrected chi connectivity index (χ2v) is 3.92. The van der Waals surface area contributed by atoms with Crippen molar-refractivity contribution in [2.24, 2.45) is 7.05 Å². The fourth-order valence-electron chi connectivity index (χ4n) is 1.49. The summed E-state index contributed by atoms with van der Waals surface area (Å²) in [4.78, 5) is 8.22. The molecule has 0 aliphatic rings. The molecule has 4 N–H and O–H groups in total. The van der Waals surface area contributed by atoms with Gasteiger partial charge >= 0.3 is 0 Å².